The van der Waals surface area contributed by atoms with Gasteiger partial charge in [0, 0.05) is 23.2 Å². The summed E-state index contributed by atoms with van der Waals surface area (Å²) in [7, 11) is 0. The molecule has 2 rings (SSSR count). The topological polar surface area (TPSA) is 49.3 Å². The lowest BCUT2D eigenvalue weighted by atomic mass is 9.93. The summed E-state index contributed by atoms with van der Waals surface area (Å²) in [5, 5.41) is 12.2. The van der Waals surface area contributed by atoms with Crippen LogP contribution in [-0.4, -0.2) is 24.2 Å². The number of nitrogens with one attached hydrogen (secondary N) is 1. The molecule has 116 valence electrons. The van der Waals surface area contributed by atoms with Gasteiger partial charge in [-0.05, 0) is 42.5 Å². The summed E-state index contributed by atoms with van der Waals surface area (Å²) >= 11 is 3.37. The summed E-state index contributed by atoms with van der Waals surface area (Å²) in [6, 6.07) is 17.4. The Balaban J connectivity index is 1.89. The maximum Gasteiger partial charge on any atom is 0.251 e. The summed E-state index contributed by atoms with van der Waals surface area (Å²) in [4.78, 5) is 12.1. The van der Waals surface area contributed by atoms with E-state index in [1.54, 1.807) is 12.1 Å². The molecular formula is C18H20BrNO2. The SMILES string of the molecule is O=C(NCC[C@@H](CCO)c1ccccc1)c1cccc(Br)c1. The zero-order valence-corrected chi connectivity index (χ0v) is 13.9. The van der Waals surface area contributed by atoms with Crippen molar-refractivity contribution in [2.24, 2.45) is 0 Å². The molecule has 3 nitrogen and oxygen atoms in total. The van der Waals surface area contributed by atoms with E-state index in [4.69, 9.17) is 0 Å². The van der Waals surface area contributed by atoms with Gasteiger partial charge in [-0.3, -0.25) is 4.79 Å². The van der Waals surface area contributed by atoms with Crippen LogP contribution in [0.15, 0.2) is 59.1 Å². The molecule has 2 aromatic carbocycles. The van der Waals surface area contributed by atoms with Crippen molar-refractivity contribution >= 4 is 21.8 Å². The quantitative estimate of drug-likeness (QED) is 0.789. The Labute approximate surface area is 139 Å². The van der Waals surface area contributed by atoms with Gasteiger partial charge in [-0.25, -0.2) is 0 Å². The average Bonchev–Trinajstić information content (AvgIpc) is 2.55. The van der Waals surface area contributed by atoms with E-state index in [0.717, 1.165) is 10.9 Å². The fourth-order valence-corrected chi connectivity index (χ4v) is 2.85. The molecule has 2 N–H and O–H groups in total. The molecule has 0 saturated carbocycles. The number of hydrogen-bond acceptors (Lipinski definition) is 2. The first-order chi connectivity index (χ1) is 10.7. The number of carbonyl (C=O) groups is 1. The van der Waals surface area contributed by atoms with Gasteiger partial charge in [-0.15, -0.1) is 0 Å². The van der Waals surface area contributed by atoms with Crippen LogP contribution in [0.25, 0.3) is 0 Å². The summed E-state index contributed by atoms with van der Waals surface area (Å²) in [6.45, 7) is 0.740. The largest absolute Gasteiger partial charge is 0.396 e. The Bertz CT molecular complexity index is 601. The van der Waals surface area contributed by atoms with Crippen LogP contribution in [0.1, 0.15) is 34.7 Å². The lowest BCUT2D eigenvalue weighted by Crippen LogP contribution is -2.25. The van der Waals surface area contributed by atoms with Crippen LogP contribution < -0.4 is 5.32 Å². The second-order valence-electron chi connectivity index (χ2n) is 5.17. The fraction of sp³-hybridized carbons (Fsp3) is 0.278. The number of benzene rings is 2. The van der Waals surface area contributed by atoms with Crippen molar-refractivity contribution in [1.82, 2.24) is 5.32 Å². The van der Waals surface area contributed by atoms with Crippen molar-refractivity contribution in [3.63, 3.8) is 0 Å². The van der Waals surface area contributed by atoms with Crippen molar-refractivity contribution in [2.75, 3.05) is 13.2 Å². The highest BCUT2D eigenvalue weighted by Crippen LogP contribution is 2.22. The first-order valence-electron chi connectivity index (χ1n) is 7.40. The van der Waals surface area contributed by atoms with E-state index in [1.807, 2.05) is 30.3 Å². The molecule has 0 aliphatic heterocycles. The number of hydrogen-bond donors (Lipinski definition) is 2. The summed E-state index contributed by atoms with van der Waals surface area (Å²) in [6.07, 6.45) is 1.51. The number of carbonyl (C=O) groups excluding carboxylic acids is 1. The first-order valence-corrected chi connectivity index (χ1v) is 8.19. The van der Waals surface area contributed by atoms with Crippen molar-refractivity contribution in [3.8, 4) is 0 Å². The van der Waals surface area contributed by atoms with Crippen LogP contribution >= 0.6 is 15.9 Å². The van der Waals surface area contributed by atoms with Crippen LogP contribution in [0.2, 0.25) is 0 Å². The zero-order chi connectivity index (χ0) is 15.8. The molecule has 0 aromatic heterocycles. The van der Waals surface area contributed by atoms with Crippen LogP contribution in [0.5, 0.6) is 0 Å². The van der Waals surface area contributed by atoms with E-state index in [-0.39, 0.29) is 18.4 Å². The molecule has 0 radical (unpaired) electrons. The highest BCUT2D eigenvalue weighted by molar-refractivity contribution is 9.10. The minimum Gasteiger partial charge on any atom is -0.396 e. The van der Waals surface area contributed by atoms with Gasteiger partial charge in [0.05, 0.1) is 0 Å². The second kappa shape index (κ2) is 8.71. The van der Waals surface area contributed by atoms with Crippen molar-refractivity contribution in [1.29, 1.82) is 0 Å². The number of aliphatic hydroxyl groups excluding tert-OH is 1. The Kier molecular flexibility index (Phi) is 6.62. The third-order valence-electron chi connectivity index (χ3n) is 3.61. The smallest absolute Gasteiger partial charge is 0.251 e. The van der Waals surface area contributed by atoms with Crippen LogP contribution in [0.3, 0.4) is 0 Å². The molecule has 0 aliphatic rings. The minimum absolute atomic E-state index is 0.0721. The van der Waals surface area contributed by atoms with Crippen LogP contribution in [0, 0.1) is 0 Å². The normalized spacial score (nSPS) is 11.9. The molecular weight excluding hydrogens is 342 g/mol. The number of aliphatic hydroxyl groups is 1. The predicted molar refractivity (Wildman–Crippen MR) is 92.0 cm³/mol. The highest BCUT2D eigenvalue weighted by Gasteiger charge is 2.12. The molecule has 22 heavy (non-hydrogen) atoms. The second-order valence-corrected chi connectivity index (χ2v) is 6.09. The van der Waals surface area contributed by atoms with E-state index in [2.05, 4.69) is 33.4 Å². The lowest BCUT2D eigenvalue weighted by Gasteiger charge is -2.16. The molecule has 4 heteroatoms. The van der Waals surface area contributed by atoms with E-state index >= 15 is 0 Å². The van der Waals surface area contributed by atoms with E-state index in [1.165, 1.54) is 5.56 Å². The molecule has 2 aromatic rings. The molecule has 1 atom stereocenters. The minimum atomic E-state index is -0.0721. The standard InChI is InChI=1S/C18H20BrNO2/c19-17-8-4-7-16(13-17)18(22)20-11-9-15(10-12-21)14-5-2-1-3-6-14/h1-8,13,15,21H,9-12H2,(H,20,22)/t15-/m0/s1. The van der Waals surface area contributed by atoms with Gasteiger partial charge < -0.3 is 10.4 Å². The van der Waals surface area contributed by atoms with Gasteiger partial charge in [0.1, 0.15) is 0 Å². The Hall–Kier alpha value is -1.65. The third kappa shape index (κ3) is 4.97. The zero-order valence-electron chi connectivity index (χ0n) is 12.3. The van der Waals surface area contributed by atoms with Gasteiger partial charge in [0.2, 0.25) is 0 Å². The Morgan fingerprint density at radius 1 is 1.09 bits per heavy atom. The predicted octanol–water partition coefficient (Wildman–Crippen LogP) is 3.74. The fourth-order valence-electron chi connectivity index (χ4n) is 2.45. The van der Waals surface area contributed by atoms with Crippen LogP contribution in [-0.2, 0) is 0 Å². The van der Waals surface area contributed by atoms with Gasteiger partial charge >= 0.3 is 0 Å². The molecule has 0 aliphatic carbocycles. The summed E-state index contributed by atoms with van der Waals surface area (Å²) in [5.41, 5.74) is 1.85. The molecule has 0 spiro atoms. The van der Waals surface area contributed by atoms with Crippen molar-refractivity contribution in [2.45, 2.75) is 18.8 Å². The third-order valence-corrected chi connectivity index (χ3v) is 4.11. The maximum absolute atomic E-state index is 12.1. The monoisotopic (exact) mass is 361 g/mol. The van der Waals surface area contributed by atoms with Gasteiger partial charge in [-0.1, -0.05) is 52.3 Å². The number of rotatable bonds is 7. The molecule has 0 bridgehead atoms. The van der Waals surface area contributed by atoms with E-state index in [9.17, 15) is 9.90 Å². The summed E-state index contributed by atoms with van der Waals surface area (Å²) < 4.78 is 0.891. The molecule has 1 amide bonds. The summed E-state index contributed by atoms with van der Waals surface area (Å²) in [5.74, 6) is 0.186. The Morgan fingerprint density at radius 2 is 1.86 bits per heavy atom. The average molecular weight is 362 g/mol. The Morgan fingerprint density at radius 3 is 2.55 bits per heavy atom. The van der Waals surface area contributed by atoms with Gasteiger partial charge in [0.25, 0.3) is 5.91 Å². The number of halogens is 1. The van der Waals surface area contributed by atoms with Crippen LogP contribution in [0.4, 0.5) is 0 Å². The van der Waals surface area contributed by atoms with Crippen molar-refractivity contribution < 1.29 is 9.90 Å². The van der Waals surface area contributed by atoms with Gasteiger partial charge in [-0.2, -0.15) is 0 Å². The van der Waals surface area contributed by atoms with E-state index in [0.29, 0.717) is 18.5 Å². The lowest BCUT2D eigenvalue weighted by molar-refractivity contribution is 0.0952. The van der Waals surface area contributed by atoms with Gasteiger partial charge in [0.15, 0.2) is 0 Å². The molecule has 0 heterocycles. The van der Waals surface area contributed by atoms with Crippen molar-refractivity contribution in [3.05, 3.63) is 70.2 Å². The molecule has 0 unspecified atom stereocenters. The molecule has 0 fully saturated rings. The molecule has 0 saturated heterocycles. The van der Waals surface area contributed by atoms with E-state index < -0.39 is 0 Å². The first kappa shape index (κ1) is 16.7. The number of amides is 1. The highest BCUT2D eigenvalue weighted by atomic mass is 79.9. The maximum atomic E-state index is 12.1.